The molecule has 2 aromatic carbocycles. The summed E-state index contributed by atoms with van der Waals surface area (Å²) in [5.74, 6) is -1.42. The van der Waals surface area contributed by atoms with Crippen LogP contribution in [0.25, 0.3) is 0 Å². The summed E-state index contributed by atoms with van der Waals surface area (Å²) in [7, 11) is 0. The molecule has 2 N–H and O–H groups in total. The van der Waals surface area contributed by atoms with Crippen molar-refractivity contribution in [2.75, 3.05) is 5.32 Å². The van der Waals surface area contributed by atoms with E-state index >= 15 is 0 Å². The number of nitrogens with one attached hydrogen (secondary N) is 1. The monoisotopic (exact) mass is 339 g/mol. The van der Waals surface area contributed by atoms with Gasteiger partial charge in [-0.15, -0.1) is 0 Å². The minimum atomic E-state index is -0.890. The smallest absolute Gasteiger partial charge is 0.307 e. The molecule has 0 bridgehead atoms. The second-order valence-corrected chi connectivity index (χ2v) is 6.23. The van der Waals surface area contributed by atoms with Crippen LogP contribution in [0, 0.1) is 11.8 Å². The third-order valence-corrected chi connectivity index (χ3v) is 4.58. The fourth-order valence-corrected chi connectivity index (χ4v) is 3.24. The Balaban J connectivity index is 1.68. The number of hydrogen-bond donors (Lipinski definition) is 2. The quantitative estimate of drug-likeness (QED) is 0.841. The van der Waals surface area contributed by atoms with Crippen molar-refractivity contribution in [2.24, 2.45) is 11.8 Å². The summed E-state index contributed by atoms with van der Waals surface area (Å²) in [4.78, 5) is 23.8. The highest BCUT2D eigenvalue weighted by Gasteiger charge is 2.37. The van der Waals surface area contributed by atoms with Gasteiger partial charge in [-0.1, -0.05) is 42.8 Å². The molecule has 0 heterocycles. The van der Waals surface area contributed by atoms with Crippen molar-refractivity contribution in [2.45, 2.75) is 25.9 Å². The Hall–Kier alpha value is -2.82. The SMILES string of the molecule is O=C(Nc1ccccc1COc1ccccc1)[C@H]1CCC[C@H]1C(=O)O. The number of amides is 1. The van der Waals surface area contributed by atoms with Crippen LogP contribution in [0.3, 0.4) is 0 Å². The van der Waals surface area contributed by atoms with Crippen molar-refractivity contribution in [3.63, 3.8) is 0 Å². The number of carboxylic acids is 1. The molecule has 2 atom stereocenters. The molecule has 130 valence electrons. The van der Waals surface area contributed by atoms with Crippen LogP contribution >= 0.6 is 0 Å². The van der Waals surface area contributed by atoms with E-state index in [2.05, 4.69) is 5.32 Å². The van der Waals surface area contributed by atoms with E-state index < -0.39 is 17.8 Å². The molecule has 1 fully saturated rings. The van der Waals surface area contributed by atoms with E-state index in [-0.39, 0.29) is 5.91 Å². The number of anilines is 1. The summed E-state index contributed by atoms with van der Waals surface area (Å²) in [6.45, 7) is 0.327. The number of carbonyl (C=O) groups excluding carboxylic acids is 1. The molecule has 5 nitrogen and oxygen atoms in total. The fraction of sp³-hybridized carbons (Fsp3) is 0.300. The molecule has 25 heavy (non-hydrogen) atoms. The maximum Gasteiger partial charge on any atom is 0.307 e. The Bertz CT molecular complexity index is 744. The van der Waals surface area contributed by atoms with E-state index in [4.69, 9.17) is 4.74 Å². The maximum atomic E-state index is 12.5. The Labute approximate surface area is 146 Å². The Kier molecular flexibility index (Phi) is 5.33. The third-order valence-electron chi connectivity index (χ3n) is 4.58. The minimum absolute atomic E-state index is 0.225. The second kappa shape index (κ2) is 7.83. The van der Waals surface area contributed by atoms with Gasteiger partial charge in [0, 0.05) is 11.3 Å². The Morgan fingerprint density at radius 1 is 1.00 bits per heavy atom. The van der Waals surface area contributed by atoms with Gasteiger partial charge in [-0.25, -0.2) is 0 Å². The van der Waals surface area contributed by atoms with Crippen molar-refractivity contribution < 1.29 is 19.4 Å². The molecule has 0 radical (unpaired) electrons. The lowest BCUT2D eigenvalue weighted by atomic mass is 9.95. The molecule has 0 saturated heterocycles. The van der Waals surface area contributed by atoms with E-state index in [0.717, 1.165) is 17.7 Å². The topological polar surface area (TPSA) is 75.6 Å². The summed E-state index contributed by atoms with van der Waals surface area (Å²) >= 11 is 0. The lowest BCUT2D eigenvalue weighted by Crippen LogP contribution is -2.30. The minimum Gasteiger partial charge on any atom is -0.489 e. The van der Waals surface area contributed by atoms with E-state index in [1.165, 1.54) is 0 Å². The molecule has 0 spiro atoms. The van der Waals surface area contributed by atoms with Gasteiger partial charge < -0.3 is 15.2 Å². The van der Waals surface area contributed by atoms with Crippen LogP contribution in [0.2, 0.25) is 0 Å². The standard InChI is InChI=1S/C20H21NO4/c22-19(16-10-6-11-17(16)20(23)24)21-18-12-5-4-7-14(18)13-25-15-8-2-1-3-9-15/h1-5,7-9,12,16-17H,6,10-11,13H2,(H,21,22)(H,23,24)/t16-,17+/m0/s1. The van der Waals surface area contributed by atoms with Gasteiger partial charge in [0.05, 0.1) is 11.8 Å². The van der Waals surface area contributed by atoms with Gasteiger partial charge in [0.2, 0.25) is 5.91 Å². The van der Waals surface area contributed by atoms with Crippen molar-refractivity contribution >= 4 is 17.6 Å². The molecule has 1 saturated carbocycles. The first kappa shape index (κ1) is 17.0. The molecule has 0 aliphatic heterocycles. The molecule has 0 unspecified atom stereocenters. The fourth-order valence-electron chi connectivity index (χ4n) is 3.24. The van der Waals surface area contributed by atoms with Crippen LogP contribution in [-0.4, -0.2) is 17.0 Å². The molecule has 1 aliphatic rings. The van der Waals surface area contributed by atoms with Crippen molar-refractivity contribution in [1.29, 1.82) is 0 Å². The summed E-state index contributed by atoms with van der Waals surface area (Å²) in [6.07, 6.45) is 1.95. The number of benzene rings is 2. The number of ether oxygens (including phenoxy) is 1. The van der Waals surface area contributed by atoms with Crippen molar-refractivity contribution in [1.82, 2.24) is 0 Å². The zero-order valence-electron chi connectivity index (χ0n) is 13.9. The van der Waals surface area contributed by atoms with Crippen LogP contribution in [-0.2, 0) is 16.2 Å². The van der Waals surface area contributed by atoms with Gasteiger partial charge in [0.15, 0.2) is 0 Å². The first-order chi connectivity index (χ1) is 12.1. The number of carboxylic acid groups (broad SMARTS) is 1. The highest BCUT2D eigenvalue weighted by molar-refractivity contribution is 5.96. The van der Waals surface area contributed by atoms with Gasteiger partial charge in [-0.2, -0.15) is 0 Å². The lowest BCUT2D eigenvalue weighted by molar-refractivity contribution is -0.145. The van der Waals surface area contributed by atoms with E-state index in [1.807, 2.05) is 54.6 Å². The third kappa shape index (κ3) is 4.18. The number of aliphatic carboxylic acids is 1. The van der Waals surface area contributed by atoms with Gasteiger partial charge >= 0.3 is 5.97 Å². The van der Waals surface area contributed by atoms with E-state index in [9.17, 15) is 14.7 Å². The zero-order chi connectivity index (χ0) is 17.6. The zero-order valence-corrected chi connectivity index (χ0v) is 13.9. The van der Waals surface area contributed by atoms with Crippen LogP contribution < -0.4 is 10.1 Å². The molecular formula is C20H21NO4. The van der Waals surface area contributed by atoms with Crippen LogP contribution in [0.15, 0.2) is 54.6 Å². The molecule has 1 aliphatic carbocycles. The van der Waals surface area contributed by atoms with E-state index in [0.29, 0.717) is 25.1 Å². The molecular weight excluding hydrogens is 318 g/mol. The Morgan fingerprint density at radius 3 is 2.44 bits per heavy atom. The van der Waals surface area contributed by atoms with Crippen LogP contribution in [0.1, 0.15) is 24.8 Å². The number of para-hydroxylation sites is 2. The largest absolute Gasteiger partial charge is 0.489 e. The van der Waals surface area contributed by atoms with Crippen LogP contribution in [0.4, 0.5) is 5.69 Å². The highest BCUT2D eigenvalue weighted by Crippen LogP contribution is 2.33. The second-order valence-electron chi connectivity index (χ2n) is 6.23. The van der Waals surface area contributed by atoms with E-state index in [1.54, 1.807) is 0 Å². The predicted molar refractivity (Wildman–Crippen MR) is 94.3 cm³/mol. The van der Waals surface area contributed by atoms with Crippen LogP contribution in [0.5, 0.6) is 5.75 Å². The lowest BCUT2D eigenvalue weighted by Gasteiger charge is -2.17. The first-order valence-electron chi connectivity index (χ1n) is 8.44. The van der Waals surface area contributed by atoms with Gasteiger partial charge in [0.1, 0.15) is 12.4 Å². The Morgan fingerprint density at radius 2 is 1.68 bits per heavy atom. The summed E-state index contributed by atoms with van der Waals surface area (Å²) in [5, 5.41) is 12.2. The summed E-state index contributed by atoms with van der Waals surface area (Å²) in [6, 6.07) is 16.9. The van der Waals surface area contributed by atoms with Gasteiger partial charge in [0.25, 0.3) is 0 Å². The van der Waals surface area contributed by atoms with Gasteiger partial charge in [-0.3, -0.25) is 9.59 Å². The molecule has 2 aromatic rings. The molecule has 0 aromatic heterocycles. The number of hydrogen-bond acceptors (Lipinski definition) is 3. The molecule has 1 amide bonds. The summed E-state index contributed by atoms with van der Waals surface area (Å²) < 4.78 is 5.75. The average Bonchev–Trinajstić information content (AvgIpc) is 3.12. The number of carbonyl (C=O) groups is 2. The molecule has 3 rings (SSSR count). The van der Waals surface area contributed by atoms with Crippen molar-refractivity contribution in [3.05, 3.63) is 60.2 Å². The van der Waals surface area contributed by atoms with Crippen molar-refractivity contribution in [3.8, 4) is 5.75 Å². The van der Waals surface area contributed by atoms with Gasteiger partial charge in [-0.05, 0) is 31.0 Å². The number of rotatable bonds is 6. The normalized spacial score (nSPS) is 19.4. The highest BCUT2D eigenvalue weighted by atomic mass is 16.5. The average molecular weight is 339 g/mol. The summed E-state index contributed by atoms with van der Waals surface area (Å²) in [5.41, 5.74) is 1.52. The predicted octanol–water partition coefficient (Wildman–Crippen LogP) is 3.71. The molecule has 5 heteroatoms. The first-order valence-corrected chi connectivity index (χ1v) is 8.44. The maximum absolute atomic E-state index is 12.5.